The van der Waals surface area contributed by atoms with Crippen LogP contribution in [0.2, 0.25) is 0 Å². The largest absolute Gasteiger partial charge is 0.550 e. The minimum Gasteiger partial charge on any atom is -0.550 e. The Morgan fingerprint density at radius 1 is 1.50 bits per heavy atom. The molecule has 1 aromatic carbocycles. The number of rotatable bonds is 5. The molecule has 0 radical (unpaired) electrons. The first-order valence-corrected chi connectivity index (χ1v) is 6.60. The molecule has 0 saturated carbocycles. The van der Waals surface area contributed by atoms with Gasteiger partial charge in [-0.25, -0.2) is 0 Å². The van der Waals surface area contributed by atoms with Gasteiger partial charge in [-0.05, 0) is 12.5 Å². The van der Waals surface area contributed by atoms with Crippen LogP contribution in [-0.2, 0) is 14.3 Å². The highest BCUT2D eigenvalue weighted by Gasteiger charge is 2.41. The zero-order valence-electron chi connectivity index (χ0n) is 11.7. The molecule has 1 aliphatic rings. The van der Waals surface area contributed by atoms with Crippen molar-refractivity contribution in [1.29, 1.82) is 0 Å². The third-order valence-corrected chi connectivity index (χ3v) is 3.65. The quantitative estimate of drug-likeness (QED) is 0.774. The van der Waals surface area contributed by atoms with Crippen LogP contribution in [0.3, 0.4) is 0 Å². The molecule has 0 spiro atoms. The molecule has 0 unspecified atom stereocenters. The first-order valence-electron chi connectivity index (χ1n) is 6.60. The van der Waals surface area contributed by atoms with Gasteiger partial charge in [0, 0.05) is 32.0 Å². The summed E-state index contributed by atoms with van der Waals surface area (Å²) in [4.78, 5) is 24.9. The van der Waals surface area contributed by atoms with Gasteiger partial charge < -0.3 is 19.5 Å². The summed E-state index contributed by atoms with van der Waals surface area (Å²) in [6, 6.07) is 7.11. The molecule has 0 N–H and O–H groups in total. The molecule has 2 atom stereocenters. The number of aryl methyl sites for hydroxylation is 1. The average molecular weight is 276 g/mol. The molecular weight excluding hydrogens is 258 g/mol. The van der Waals surface area contributed by atoms with Gasteiger partial charge in [0.2, 0.25) is 5.91 Å². The number of amides is 1. The Bertz CT molecular complexity index is 514. The predicted molar refractivity (Wildman–Crippen MR) is 70.6 cm³/mol. The van der Waals surface area contributed by atoms with Gasteiger partial charge in [-0.3, -0.25) is 4.79 Å². The summed E-state index contributed by atoms with van der Waals surface area (Å²) in [6.07, 6.45) is -0.00927. The second-order valence-electron chi connectivity index (χ2n) is 5.07. The molecule has 1 saturated heterocycles. The van der Waals surface area contributed by atoms with E-state index in [1.807, 2.05) is 31.2 Å². The highest BCUT2D eigenvalue weighted by molar-refractivity contribution is 5.86. The SMILES string of the molecule is COCCN1C(=O)C[C@H](C(=O)[O-])[C@@H]1c1cccc(C)c1. The Labute approximate surface area is 118 Å². The van der Waals surface area contributed by atoms with E-state index in [-0.39, 0.29) is 12.3 Å². The number of methoxy groups -OCH3 is 1. The minimum atomic E-state index is -1.18. The lowest BCUT2D eigenvalue weighted by atomic mass is 9.93. The fourth-order valence-electron chi connectivity index (χ4n) is 2.72. The smallest absolute Gasteiger partial charge is 0.223 e. The lowest BCUT2D eigenvalue weighted by Gasteiger charge is -2.29. The van der Waals surface area contributed by atoms with Crippen molar-refractivity contribution < 1.29 is 19.4 Å². The second-order valence-corrected chi connectivity index (χ2v) is 5.07. The van der Waals surface area contributed by atoms with Crippen molar-refractivity contribution in [3.8, 4) is 0 Å². The van der Waals surface area contributed by atoms with Gasteiger partial charge in [0.15, 0.2) is 0 Å². The summed E-state index contributed by atoms with van der Waals surface area (Å²) >= 11 is 0. The van der Waals surface area contributed by atoms with Crippen molar-refractivity contribution in [2.24, 2.45) is 5.92 Å². The van der Waals surface area contributed by atoms with Gasteiger partial charge in [0.25, 0.3) is 0 Å². The van der Waals surface area contributed by atoms with Crippen LogP contribution < -0.4 is 5.11 Å². The molecule has 1 aliphatic heterocycles. The molecule has 1 fully saturated rings. The molecular formula is C15H18NO4-. The summed E-state index contributed by atoms with van der Waals surface area (Å²) in [5, 5.41) is 11.3. The summed E-state index contributed by atoms with van der Waals surface area (Å²) in [7, 11) is 1.55. The number of carboxylic acids is 1. The lowest BCUT2D eigenvalue weighted by Crippen LogP contribution is -2.37. The molecule has 0 aliphatic carbocycles. The van der Waals surface area contributed by atoms with Gasteiger partial charge in [-0.2, -0.15) is 0 Å². The van der Waals surface area contributed by atoms with E-state index in [0.29, 0.717) is 13.2 Å². The number of likely N-dealkylation sites (tertiary alicyclic amines) is 1. The van der Waals surface area contributed by atoms with Crippen LogP contribution in [0.4, 0.5) is 0 Å². The summed E-state index contributed by atoms with van der Waals surface area (Å²) in [5.41, 5.74) is 1.87. The van der Waals surface area contributed by atoms with Gasteiger partial charge >= 0.3 is 0 Å². The number of hydrogen-bond donors (Lipinski definition) is 0. The summed E-state index contributed by atoms with van der Waals surface area (Å²) < 4.78 is 5.00. The lowest BCUT2D eigenvalue weighted by molar-refractivity contribution is -0.312. The van der Waals surface area contributed by atoms with Crippen LogP contribution in [0.5, 0.6) is 0 Å². The molecule has 0 aromatic heterocycles. The van der Waals surface area contributed by atoms with Crippen molar-refractivity contribution in [3.05, 3.63) is 35.4 Å². The van der Waals surface area contributed by atoms with E-state index in [9.17, 15) is 14.7 Å². The third-order valence-electron chi connectivity index (χ3n) is 3.65. The Morgan fingerprint density at radius 3 is 2.85 bits per heavy atom. The first-order chi connectivity index (χ1) is 9.54. The van der Waals surface area contributed by atoms with E-state index in [0.717, 1.165) is 11.1 Å². The van der Waals surface area contributed by atoms with Crippen LogP contribution in [0.15, 0.2) is 24.3 Å². The van der Waals surface area contributed by atoms with Crippen molar-refractivity contribution in [2.75, 3.05) is 20.3 Å². The maximum Gasteiger partial charge on any atom is 0.223 e. The second kappa shape index (κ2) is 6.05. The monoisotopic (exact) mass is 276 g/mol. The topological polar surface area (TPSA) is 69.7 Å². The van der Waals surface area contributed by atoms with Crippen LogP contribution in [-0.4, -0.2) is 37.0 Å². The normalized spacial score (nSPS) is 22.3. The highest BCUT2D eigenvalue weighted by atomic mass is 16.5. The fraction of sp³-hybridized carbons (Fsp3) is 0.467. The third kappa shape index (κ3) is 2.82. The molecule has 20 heavy (non-hydrogen) atoms. The molecule has 1 amide bonds. The van der Waals surface area contributed by atoms with Crippen LogP contribution in [0.25, 0.3) is 0 Å². The maximum absolute atomic E-state index is 12.0. The number of nitrogens with zero attached hydrogens (tertiary/aromatic N) is 1. The molecule has 0 bridgehead atoms. The fourth-order valence-corrected chi connectivity index (χ4v) is 2.72. The van der Waals surface area contributed by atoms with Gasteiger partial charge in [0.1, 0.15) is 0 Å². The molecule has 1 aromatic rings. The predicted octanol–water partition coefficient (Wildman–Crippen LogP) is 0.281. The molecule has 108 valence electrons. The van der Waals surface area contributed by atoms with Gasteiger partial charge in [0.05, 0.1) is 12.6 Å². The van der Waals surface area contributed by atoms with Crippen molar-refractivity contribution >= 4 is 11.9 Å². The number of aliphatic carboxylic acids is 1. The number of carbonyl (C=O) groups is 2. The van der Waals surface area contributed by atoms with E-state index >= 15 is 0 Å². The van der Waals surface area contributed by atoms with Crippen LogP contribution in [0, 0.1) is 12.8 Å². The Morgan fingerprint density at radius 2 is 2.25 bits per heavy atom. The van der Waals surface area contributed by atoms with Crippen LogP contribution >= 0.6 is 0 Å². The Kier molecular flexibility index (Phi) is 4.39. The average Bonchev–Trinajstić information content (AvgIpc) is 2.73. The number of benzene rings is 1. The summed E-state index contributed by atoms with van der Waals surface area (Å²) in [6.45, 7) is 2.71. The number of carboxylic acid groups (broad SMARTS) is 1. The van der Waals surface area contributed by atoms with Crippen molar-refractivity contribution in [3.63, 3.8) is 0 Å². The van der Waals surface area contributed by atoms with E-state index in [2.05, 4.69) is 0 Å². The standard InChI is InChI=1S/C15H19NO4/c1-10-4-3-5-11(8-10)14-12(15(18)19)9-13(17)16(14)6-7-20-2/h3-5,8,12,14H,6-7,9H2,1-2H3,(H,18,19)/p-1/t12-,14-/m0/s1. The molecule has 1 heterocycles. The Balaban J connectivity index is 2.35. The molecule has 2 rings (SSSR count). The van der Waals surface area contributed by atoms with Gasteiger partial charge in [-0.15, -0.1) is 0 Å². The molecule has 5 heteroatoms. The van der Waals surface area contributed by atoms with E-state index < -0.39 is 17.9 Å². The first kappa shape index (κ1) is 14.5. The van der Waals surface area contributed by atoms with E-state index in [4.69, 9.17) is 4.74 Å². The number of hydrogen-bond acceptors (Lipinski definition) is 4. The molecule has 5 nitrogen and oxygen atoms in total. The van der Waals surface area contributed by atoms with Crippen LogP contribution in [0.1, 0.15) is 23.6 Å². The maximum atomic E-state index is 12.0. The summed E-state index contributed by atoms with van der Waals surface area (Å²) in [5.74, 6) is -2.14. The number of ether oxygens (including phenoxy) is 1. The number of carbonyl (C=O) groups excluding carboxylic acids is 2. The zero-order chi connectivity index (χ0) is 14.7. The van der Waals surface area contributed by atoms with Crippen molar-refractivity contribution in [1.82, 2.24) is 4.90 Å². The highest BCUT2D eigenvalue weighted by Crippen LogP contribution is 2.37. The van der Waals surface area contributed by atoms with Crippen molar-refractivity contribution in [2.45, 2.75) is 19.4 Å². The Hall–Kier alpha value is -1.88. The van der Waals surface area contributed by atoms with E-state index in [1.54, 1.807) is 12.0 Å². The van der Waals surface area contributed by atoms with E-state index in [1.165, 1.54) is 0 Å². The minimum absolute atomic E-state index is 0.00927. The zero-order valence-corrected chi connectivity index (χ0v) is 11.7. The van der Waals surface area contributed by atoms with Gasteiger partial charge in [-0.1, -0.05) is 29.8 Å².